The topological polar surface area (TPSA) is 63.2 Å². The lowest BCUT2D eigenvalue weighted by molar-refractivity contribution is 0.102. The Morgan fingerprint density at radius 1 is 1.08 bits per heavy atom. The summed E-state index contributed by atoms with van der Waals surface area (Å²) in [5.74, 6) is -0.169. The molecule has 7 heteroatoms. The van der Waals surface area contributed by atoms with Crippen molar-refractivity contribution in [2.45, 2.75) is 0 Å². The number of carbonyl (C=O) groups is 1. The third-order valence-electron chi connectivity index (χ3n) is 3.54. The number of ether oxygens (including phenoxy) is 1. The molecule has 2 N–H and O–H groups in total. The fourth-order valence-corrected chi connectivity index (χ4v) is 2.46. The number of benzene rings is 2. The van der Waals surface area contributed by atoms with Crippen LogP contribution in [0.5, 0.6) is 5.75 Å². The second-order valence-corrected chi connectivity index (χ2v) is 5.81. The van der Waals surface area contributed by atoms with E-state index in [-0.39, 0.29) is 10.9 Å². The van der Waals surface area contributed by atoms with Gasteiger partial charge in [0.2, 0.25) is 0 Å². The first-order valence-corrected chi connectivity index (χ1v) is 8.05. The number of rotatable bonds is 5. The summed E-state index contributed by atoms with van der Waals surface area (Å²) in [6.45, 7) is 0. The Kier molecular flexibility index (Phi) is 5.34. The van der Waals surface area contributed by atoms with Crippen LogP contribution in [0.15, 0.2) is 60.9 Å². The average molecular weight is 372 g/mol. The Morgan fingerprint density at radius 2 is 1.92 bits per heavy atom. The molecule has 0 unspecified atom stereocenters. The lowest BCUT2D eigenvalue weighted by atomic mass is 10.2. The van der Waals surface area contributed by atoms with Crippen LogP contribution >= 0.6 is 11.6 Å². The molecule has 0 saturated heterocycles. The van der Waals surface area contributed by atoms with Crippen LogP contribution in [0.2, 0.25) is 5.02 Å². The molecule has 0 aliphatic rings. The molecule has 0 saturated carbocycles. The van der Waals surface area contributed by atoms with Crippen LogP contribution in [0.4, 0.5) is 21.5 Å². The molecule has 1 amide bonds. The van der Waals surface area contributed by atoms with Crippen molar-refractivity contribution in [3.8, 4) is 5.75 Å². The van der Waals surface area contributed by atoms with E-state index in [1.54, 1.807) is 49.7 Å². The van der Waals surface area contributed by atoms with Crippen molar-refractivity contribution in [1.82, 2.24) is 4.98 Å². The minimum atomic E-state index is -0.498. The van der Waals surface area contributed by atoms with E-state index in [1.807, 2.05) is 0 Å². The molecule has 0 bridgehead atoms. The van der Waals surface area contributed by atoms with Gasteiger partial charge in [0, 0.05) is 23.6 Å². The summed E-state index contributed by atoms with van der Waals surface area (Å²) in [4.78, 5) is 16.5. The van der Waals surface area contributed by atoms with Crippen LogP contribution in [-0.2, 0) is 0 Å². The highest BCUT2D eigenvalue weighted by Gasteiger charge is 2.09. The maximum atomic E-state index is 13.2. The molecule has 1 aromatic heterocycles. The van der Waals surface area contributed by atoms with Crippen molar-refractivity contribution in [3.05, 3.63) is 77.3 Å². The highest BCUT2D eigenvalue weighted by Crippen LogP contribution is 2.23. The number of hydrogen-bond acceptors (Lipinski definition) is 4. The van der Waals surface area contributed by atoms with Gasteiger partial charge in [-0.3, -0.25) is 9.78 Å². The zero-order chi connectivity index (χ0) is 18.5. The summed E-state index contributed by atoms with van der Waals surface area (Å²) in [5.41, 5.74) is 2.14. The van der Waals surface area contributed by atoms with E-state index < -0.39 is 5.82 Å². The van der Waals surface area contributed by atoms with E-state index in [1.165, 1.54) is 18.3 Å². The molecule has 3 rings (SSSR count). The van der Waals surface area contributed by atoms with E-state index in [0.29, 0.717) is 28.4 Å². The molecular formula is C19H15ClFN3O2. The highest BCUT2D eigenvalue weighted by molar-refractivity contribution is 6.31. The van der Waals surface area contributed by atoms with Crippen LogP contribution < -0.4 is 15.4 Å². The number of aromatic nitrogens is 1. The fourth-order valence-electron chi connectivity index (χ4n) is 2.28. The first-order valence-electron chi connectivity index (χ1n) is 7.67. The third kappa shape index (κ3) is 4.29. The van der Waals surface area contributed by atoms with Crippen molar-refractivity contribution < 1.29 is 13.9 Å². The van der Waals surface area contributed by atoms with Gasteiger partial charge < -0.3 is 15.4 Å². The molecule has 0 aliphatic carbocycles. The first kappa shape index (κ1) is 17.7. The Morgan fingerprint density at radius 3 is 2.69 bits per heavy atom. The van der Waals surface area contributed by atoms with Gasteiger partial charge in [-0.1, -0.05) is 17.7 Å². The summed E-state index contributed by atoms with van der Waals surface area (Å²) in [6.07, 6.45) is 3.01. The molecular weight excluding hydrogens is 357 g/mol. The molecule has 5 nitrogen and oxygen atoms in total. The van der Waals surface area contributed by atoms with Gasteiger partial charge in [0.05, 0.1) is 29.6 Å². The minimum absolute atomic E-state index is 0.00915. The SMILES string of the molecule is COc1cccc(NC(=O)c2cncc(Nc3ccc(F)c(Cl)c3)c2)c1. The number of anilines is 3. The monoisotopic (exact) mass is 371 g/mol. The smallest absolute Gasteiger partial charge is 0.257 e. The largest absolute Gasteiger partial charge is 0.497 e. The standard InChI is InChI=1S/C19H15ClFN3O2/c1-26-16-4-2-3-13(8-16)24-19(25)12-7-15(11-22-10-12)23-14-5-6-18(21)17(20)9-14/h2-11,23H,1H3,(H,24,25). The van der Waals surface area contributed by atoms with E-state index in [2.05, 4.69) is 15.6 Å². The number of halogens is 2. The summed E-state index contributed by atoms with van der Waals surface area (Å²) in [7, 11) is 1.56. The second-order valence-electron chi connectivity index (χ2n) is 5.40. The Labute approximate surface area is 154 Å². The quantitative estimate of drug-likeness (QED) is 0.671. The van der Waals surface area contributed by atoms with Crippen LogP contribution in [0, 0.1) is 5.82 Å². The predicted molar refractivity (Wildman–Crippen MR) is 99.9 cm³/mol. The minimum Gasteiger partial charge on any atom is -0.497 e. The first-order chi connectivity index (χ1) is 12.5. The van der Waals surface area contributed by atoms with E-state index in [9.17, 15) is 9.18 Å². The van der Waals surface area contributed by atoms with Crippen LogP contribution in [0.3, 0.4) is 0 Å². The maximum Gasteiger partial charge on any atom is 0.257 e. The van der Waals surface area contributed by atoms with Crippen LogP contribution in [-0.4, -0.2) is 18.0 Å². The summed E-state index contributed by atoms with van der Waals surface area (Å²) in [6, 6.07) is 12.9. The molecule has 1 heterocycles. The maximum absolute atomic E-state index is 13.2. The molecule has 2 aromatic carbocycles. The van der Waals surface area contributed by atoms with E-state index in [0.717, 1.165) is 0 Å². The number of pyridine rings is 1. The van der Waals surface area contributed by atoms with Crippen LogP contribution in [0.25, 0.3) is 0 Å². The van der Waals surface area contributed by atoms with Crippen molar-refractivity contribution in [1.29, 1.82) is 0 Å². The van der Waals surface area contributed by atoms with Gasteiger partial charge in [-0.05, 0) is 36.4 Å². The molecule has 0 radical (unpaired) electrons. The second kappa shape index (κ2) is 7.84. The van der Waals surface area contributed by atoms with Gasteiger partial charge in [0.15, 0.2) is 0 Å². The van der Waals surface area contributed by atoms with Crippen molar-refractivity contribution in [2.75, 3.05) is 17.7 Å². The van der Waals surface area contributed by atoms with Gasteiger partial charge in [-0.2, -0.15) is 0 Å². The number of hydrogen-bond donors (Lipinski definition) is 2. The number of carbonyl (C=O) groups excluding carboxylic acids is 1. The summed E-state index contributed by atoms with van der Waals surface area (Å²) < 4.78 is 18.4. The van der Waals surface area contributed by atoms with Crippen LogP contribution in [0.1, 0.15) is 10.4 Å². The highest BCUT2D eigenvalue weighted by atomic mass is 35.5. The molecule has 26 heavy (non-hydrogen) atoms. The van der Waals surface area contributed by atoms with Gasteiger partial charge in [-0.25, -0.2) is 4.39 Å². The van der Waals surface area contributed by atoms with Crippen molar-refractivity contribution in [2.24, 2.45) is 0 Å². The predicted octanol–water partition coefficient (Wildman–Crippen LogP) is 4.88. The molecule has 0 spiro atoms. The number of nitrogens with zero attached hydrogens (tertiary/aromatic N) is 1. The van der Waals surface area contributed by atoms with E-state index in [4.69, 9.17) is 16.3 Å². The van der Waals surface area contributed by atoms with Crippen molar-refractivity contribution >= 4 is 34.6 Å². The average Bonchev–Trinajstić information content (AvgIpc) is 2.65. The Balaban J connectivity index is 1.75. The Hall–Kier alpha value is -3.12. The normalized spacial score (nSPS) is 10.3. The number of nitrogens with one attached hydrogen (secondary N) is 2. The lowest BCUT2D eigenvalue weighted by Gasteiger charge is -2.10. The zero-order valence-electron chi connectivity index (χ0n) is 13.8. The molecule has 0 aliphatic heterocycles. The summed E-state index contributed by atoms with van der Waals surface area (Å²) in [5, 5.41) is 5.83. The summed E-state index contributed by atoms with van der Waals surface area (Å²) >= 11 is 5.77. The fraction of sp³-hybridized carbons (Fsp3) is 0.0526. The molecule has 0 atom stereocenters. The molecule has 132 valence electrons. The Bertz CT molecular complexity index is 950. The van der Waals surface area contributed by atoms with Crippen molar-refractivity contribution in [3.63, 3.8) is 0 Å². The van der Waals surface area contributed by atoms with Gasteiger partial charge in [0.1, 0.15) is 11.6 Å². The van der Waals surface area contributed by atoms with Gasteiger partial charge in [-0.15, -0.1) is 0 Å². The van der Waals surface area contributed by atoms with Gasteiger partial charge >= 0.3 is 0 Å². The third-order valence-corrected chi connectivity index (χ3v) is 3.83. The molecule has 3 aromatic rings. The van der Waals surface area contributed by atoms with E-state index >= 15 is 0 Å². The molecule has 0 fully saturated rings. The van der Waals surface area contributed by atoms with Gasteiger partial charge in [0.25, 0.3) is 5.91 Å². The number of methoxy groups -OCH3 is 1. The number of amides is 1. The lowest BCUT2D eigenvalue weighted by Crippen LogP contribution is -2.12. The zero-order valence-corrected chi connectivity index (χ0v) is 14.5.